The number of nitrogens with two attached hydrogens (primary N) is 1. The van der Waals surface area contributed by atoms with Gasteiger partial charge in [-0.1, -0.05) is 0 Å². The van der Waals surface area contributed by atoms with E-state index in [1.165, 1.54) is 0 Å². The fourth-order valence-corrected chi connectivity index (χ4v) is 1.58. The molecule has 6 heteroatoms. The summed E-state index contributed by atoms with van der Waals surface area (Å²) in [7, 11) is 0. The zero-order valence-corrected chi connectivity index (χ0v) is 8.33. The molecular weight excluding hydrogens is 196 g/mol. The van der Waals surface area contributed by atoms with Crippen LogP contribution in [-0.2, 0) is 4.74 Å². The molecule has 1 aliphatic heterocycles. The lowest BCUT2D eigenvalue weighted by atomic mass is 10.3. The molecule has 0 spiro atoms. The topological polar surface area (TPSA) is 84.5 Å². The van der Waals surface area contributed by atoms with E-state index >= 15 is 0 Å². The molecule has 2 heterocycles. The van der Waals surface area contributed by atoms with Gasteiger partial charge in [0.15, 0.2) is 0 Å². The molecule has 1 saturated heterocycles. The average Bonchev–Trinajstić information content (AvgIpc) is 2.29. The van der Waals surface area contributed by atoms with Gasteiger partial charge in [-0.25, -0.2) is 4.98 Å². The third-order valence-electron chi connectivity index (χ3n) is 2.33. The number of hydrogen-bond donors (Lipinski definition) is 2. The monoisotopic (exact) mass is 210 g/mol. The van der Waals surface area contributed by atoms with Crippen LogP contribution in [-0.4, -0.2) is 47.5 Å². The van der Waals surface area contributed by atoms with Gasteiger partial charge in [-0.2, -0.15) is 4.98 Å². The van der Waals surface area contributed by atoms with Crippen molar-refractivity contribution in [2.24, 2.45) is 0 Å². The lowest BCUT2D eigenvalue weighted by Crippen LogP contribution is -2.44. The number of aliphatic hydroxyl groups is 1. The summed E-state index contributed by atoms with van der Waals surface area (Å²) in [6.45, 7) is 2.01. The van der Waals surface area contributed by atoms with Crippen molar-refractivity contribution in [2.45, 2.75) is 6.10 Å². The second-order valence-electron chi connectivity index (χ2n) is 3.39. The average molecular weight is 210 g/mol. The Hall–Kier alpha value is -1.40. The third-order valence-corrected chi connectivity index (χ3v) is 2.33. The summed E-state index contributed by atoms with van der Waals surface area (Å²) in [5, 5.41) is 9.00. The van der Waals surface area contributed by atoms with Gasteiger partial charge in [0.1, 0.15) is 5.82 Å². The zero-order chi connectivity index (χ0) is 10.7. The van der Waals surface area contributed by atoms with Crippen molar-refractivity contribution in [3.8, 4) is 0 Å². The van der Waals surface area contributed by atoms with Crippen LogP contribution in [0.5, 0.6) is 0 Å². The molecule has 0 aliphatic carbocycles. The number of nitrogen functional groups attached to an aromatic ring is 1. The molecule has 0 amide bonds. The normalized spacial score (nSPS) is 21.7. The van der Waals surface area contributed by atoms with Crippen LogP contribution in [0.25, 0.3) is 0 Å². The van der Waals surface area contributed by atoms with E-state index in [0.717, 1.165) is 12.4 Å². The predicted octanol–water partition coefficient (Wildman–Crippen LogP) is -0.744. The summed E-state index contributed by atoms with van der Waals surface area (Å²) in [5.41, 5.74) is 5.50. The van der Waals surface area contributed by atoms with Crippen molar-refractivity contribution in [3.05, 3.63) is 12.3 Å². The highest BCUT2D eigenvalue weighted by Gasteiger charge is 2.20. The van der Waals surface area contributed by atoms with E-state index in [1.54, 1.807) is 12.3 Å². The maximum atomic E-state index is 9.00. The Labute approximate surface area is 87.7 Å². The smallest absolute Gasteiger partial charge is 0.221 e. The number of morpholine rings is 1. The number of hydrogen-bond acceptors (Lipinski definition) is 6. The number of aliphatic hydroxyl groups excluding tert-OH is 1. The van der Waals surface area contributed by atoms with Gasteiger partial charge in [-0.15, -0.1) is 0 Å². The van der Waals surface area contributed by atoms with Crippen molar-refractivity contribution in [1.29, 1.82) is 0 Å². The Morgan fingerprint density at radius 2 is 2.53 bits per heavy atom. The summed E-state index contributed by atoms with van der Waals surface area (Å²) in [6.07, 6.45) is 1.48. The molecule has 1 aliphatic rings. The van der Waals surface area contributed by atoms with Crippen LogP contribution in [0.1, 0.15) is 0 Å². The summed E-state index contributed by atoms with van der Waals surface area (Å²) >= 11 is 0. The molecule has 1 aromatic heterocycles. The predicted molar refractivity (Wildman–Crippen MR) is 55.5 cm³/mol. The summed E-state index contributed by atoms with van der Waals surface area (Å²) < 4.78 is 5.34. The minimum atomic E-state index is -0.144. The molecule has 0 radical (unpaired) electrons. The lowest BCUT2D eigenvalue weighted by Gasteiger charge is -2.32. The maximum absolute atomic E-state index is 9.00. The first-order valence-electron chi connectivity index (χ1n) is 4.85. The fraction of sp³-hybridized carbons (Fsp3) is 0.556. The van der Waals surface area contributed by atoms with Crippen molar-refractivity contribution >= 4 is 11.8 Å². The van der Waals surface area contributed by atoms with Gasteiger partial charge in [0.05, 0.1) is 19.3 Å². The standard InChI is InChI=1S/C9H14N4O2/c10-9-11-2-1-8(12-9)13-3-4-15-7(5-13)6-14/h1-2,7,14H,3-6H2,(H2,10,11,12). The first-order chi connectivity index (χ1) is 7.29. The van der Waals surface area contributed by atoms with Crippen LogP contribution in [0.15, 0.2) is 12.3 Å². The van der Waals surface area contributed by atoms with Crippen molar-refractivity contribution in [2.75, 3.05) is 36.9 Å². The highest BCUT2D eigenvalue weighted by atomic mass is 16.5. The number of ether oxygens (including phenoxy) is 1. The van der Waals surface area contributed by atoms with Crippen molar-refractivity contribution in [1.82, 2.24) is 9.97 Å². The van der Waals surface area contributed by atoms with Gasteiger partial charge < -0.3 is 20.5 Å². The molecular formula is C9H14N4O2. The van der Waals surface area contributed by atoms with Gasteiger partial charge in [-0.3, -0.25) is 0 Å². The van der Waals surface area contributed by atoms with Crippen LogP contribution in [0.4, 0.5) is 11.8 Å². The number of aromatic nitrogens is 2. The van der Waals surface area contributed by atoms with E-state index in [9.17, 15) is 0 Å². The molecule has 0 saturated carbocycles. The highest BCUT2D eigenvalue weighted by molar-refractivity contribution is 5.41. The summed E-state index contributed by atoms with van der Waals surface area (Å²) in [4.78, 5) is 9.98. The van der Waals surface area contributed by atoms with Crippen molar-refractivity contribution < 1.29 is 9.84 Å². The van der Waals surface area contributed by atoms with E-state index < -0.39 is 0 Å². The Balaban J connectivity index is 2.09. The molecule has 1 unspecified atom stereocenters. The molecule has 1 aromatic rings. The minimum absolute atomic E-state index is 0.0249. The summed E-state index contributed by atoms with van der Waals surface area (Å²) in [6, 6.07) is 1.80. The molecule has 2 rings (SSSR count). The Morgan fingerprint density at radius 1 is 1.67 bits per heavy atom. The number of nitrogens with zero attached hydrogens (tertiary/aromatic N) is 3. The van der Waals surface area contributed by atoms with Gasteiger partial charge >= 0.3 is 0 Å². The fourth-order valence-electron chi connectivity index (χ4n) is 1.58. The van der Waals surface area contributed by atoms with E-state index in [-0.39, 0.29) is 18.7 Å². The molecule has 15 heavy (non-hydrogen) atoms. The van der Waals surface area contributed by atoms with Crippen LogP contribution < -0.4 is 10.6 Å². The molecule has 1 fully saturated rings. The number of rotatable bonds is 2. The lowest BCUT2D eigenvalue weighted by molar-refractivity contribution is 0.00336. The van der Waals surface area contributed by atoms with Gasteiger partial charge in [-0.05, 0) is 6.07 Å². The van der Waals surface area contributed by atoms with Gasteiger partial charge in [0.25, 0.3) is 0 Å². The van der Waals surface area contributed by atoms with Crippen LogP contribution >= 0.6 is 0 Å². The molecule has 3 N–H and O–H groups in total. The van der Waals surface area contributed by atoms with E-state index in [0.29, 0.717) is 13.2 Å². The molecule has 82 valence electrons. The maximum Gasteiger partial charge on any atom is 0.221 e. The first-order valence-corrected chi connectivity index (χ1v) is 4.85. The highest BCUT2D eigenvalue weighted by Crippen LogP contribution is 2.14. The molecule has 0 bridgehead atoms. The Bertz CT molecular complexity index is 334. The second kappa shape index (κ2) is 4.41. The van der Waals surface area contributed by atoms with E-state index in [4.69, 9.17) is 15.6 Å². The zero-order valence-electron chi connectivity index (χ0n) is 8.33. The van der Waals surface area contributed by atoms with Crippen LogP contribution in [0.3, 0.4) is 0 Å². The van der Waals surface area contributed by atoms with E-state index in [2.05, 4.69) is 9.97 Å². The van der Waals surface area contributed by atoms with Crippen molar-refractivity contribution in [3.63, 3.8) is 0 Å². The Morgan fingerprint density at radius 3 is 3.27 bits per heavy atom. The summed E-state index contributed by atoms with van der Waals surface area (Å²) in [5.74, 6) is 1.05. The SMILES string of the molecule is Nc1nccc(N2CCOC(CO)C2)n1. The third kappa shape index (κ3) is 2.34. The molecule has 0 aromatic carbocycles. The first kappa shape index (κ1) is 10.1. The van der Waals surface area contributed by atoms with Gasteiger partial charge in [0.2, 0.25) is 5.95 Å². The van der Waals surface area contributed by atoms with E-state index in [1.807, 2.05) is 4.90 Å². The second-order valence-corrected chi connectivity index (χ2v) is 3.39. The molecule has 6 nitrogen and oxygen atoms in total. The number of anilines is 2. The van der Waals surface area contributed by atoms with Crippen LogP contribution in [0, 0.1) is 0 Å². The molecule has 1 atom stereocenters. The quantitative estimate of drug-likeness (QED) is 0.668. The van der Waals surface area contributed by atoms with Crippen LogP contribution in [0.2, 0.25) is 0 Å². The largest absolute Gasteiger partial charge is 0.394 e. The minimum Gasteiger partial charge on any atom is -0.394 e. The Kier molecular flexibility index (Phi) is 2.98. The van der Waals surface area contributed by atoms with Gasteiger partial charge in [0, 0.05) is 19.3 Å².